The number of hydrogen-bond donors (Lipinski definition) is 1. The predicted molar refractivity (Wildman–Crippen MR) is 140 cm³/mol. The maximum absolute atomic E-state index is 12.9. The zero-order valence-electron chi connectivity index (χ0n) is 21.2. The van der Waals surface area contributed by atoms with Gasteiger partial charge < -0.3 is 14.4 Å². The van der Waals surface area contributed by atoms with Gasteiger partial charge in [-0.05, 0) is 42.3 Å². The molecule has 3 aromatic rings. The summed E-state index contributed by atoms with van der Waals surface area (Å²) in [6.07, 6.45) is 0. The topological polar surface area (TPSA) is 84.9 Å². The van der Waals surface area contributed by atoms with Gasteiger partial charge in [-0.2, -0.15) is 0 Å². The van der Waals surface area contributed by atoms with E-state index in [1.54, 1.807) is 36.3 Å². The number of nitrogens with one attached hydrogen (secondary N) is 1. The van der Waals surface area contributed by atoms with Gasteiger partial charge in [0.15, 0.2) is 11.5 Å². The third kappa shape index (κ3) is 7.57. The van der Waals surface area contributed by atoms with Gasteiger partial charge in [0.2, 0.25) is 15.9 Å². The van der Waals surface area contributed by atoms with Gasteiger partial charge in [0.1, 0.15) is 6.61 Å². The Balaban J connectivity index is 1.67. The molecule has 36 heavy (non-hydrogen) atoms. The molecule has 0 fully saturated rings. The molecule has 0 aliphatic heterocycles. The van der Waals surface area contributed by atoms with Crippen LogP contribution in [-0.4, -0.2) is 39.4 Å². The molecule has 1 N–H and O–H groups in total. The summed E-state index contributed by atoms with van der Waals surface area (Å²) in [5, 5.41) is 0. The third-order valence-electron chi connectivity index (χ3n) is 5.65. The molecule has 0 unspecified atom stereocenters. The average molecular weight is 511 g/mol. The largest absolute Gasteiger partial charge is 0.493 e. The second-order valence-corrected chi connectivity index (χ2v) is 10.7. The van der Waals surface area contributed by atoms with Crippen LogP contribution in [0.1, 0.15) is 30.5 Å². The quantitative estimate of drug-likeness (QED) is 0.387. The molecular formula is C28H34N2O5S. The summed E-state index contributed by atoms with van der Waals surface area (Å²) in [7, 11) is -2.09. The van der Waals surface area contributed by atoms with E-state index in [1.165, 1.54) is 0 Å². The van der Waals surface area contributed by atoms with Crippen LogP contribution in [0.15, 0.2) is 77.7 Å². The van der Waals surface area contributed by atoms with E-state index in [-0.39, 0.29) is 29.8 Å². The molecule has 0 aromatic heterocycles. The van der Waals surface area contributed by atoms with Crippen molar-refractivity contribution in [2.45, 2.75) is 38.8 Å². The fraction of sp³-hybridized carbons (Fsp3) is 0.321. The zero-order valence-corrected chi connectivity index (χ0v) is 22.0. The number of hydrogen-bond acceptors (Lipinski definition) is 5. The minimum absolute atomic E-state index is 0.0621. The Morgan fingerprint density at radius 2 is 1.64 bits per heavy atom. The lowest BCUT2D eigenvalue weighted by atomic mass is 10.1. The zero-order chi connectivity index (χ0) is 26.1. The van der Waals surface area contributed by atoms with Crippen molar-refractivity contribution in [3.8, 4) is 11.5 Å². The fourth-order valence-corrected chi connectivity index (χ4v) is 4.65. The number of carbonyl (C=O) groups is 1. The van der Waals surface area contributed by atoms with E-state index >= 15 is 0 Å². The number of carbonyl (C=O) groups excluding carboxylic acids is 1. The Bertz CT molecular complexity index is 1240. The van der Waals surface area contributed by atoms with Gasteiger partial charge in [0.05, 0.1) is 12.0 Å². The smallest absolute Gasteiger partial charge is 0.240 e. The number of methoxy groups -OCH3 is 1. The van der Waals surface area contributed by atoms with Crippen molar-refractivity contribution in [3.05, 3.63) is 89.5 Å². The number of amides is 1. The molecular weight excluding hydrogens is 476 g/mol. The van der Waals surface area contributed by atoms with Gasteiger partial charge in [0, 0.05) is 25.6 Å². The second-order valence-electron chi connectivity index (χ2n) is 8.88. The minimum Gasteiger partial charge on any atom is -0.493 e. The van der Waals surface area contributed by atoms with Crippen LogP contribution in [-0.2, 0) is 28.0 Å². The van der Waals surface area contributed by atoms with Gasteiger partial charge in [-0.1, -0.05) is 67.9 Å². The Kier molecular flexibility index (Phi) is 9.50. The van der Waals surface area contributed by atoms with Gasteiger partial charge >= 0.3 is 0 Å². The third-order valence-corrected chi connectivity index (χ3v) is 7.13. The molecule has 0 saturated carbocycles. The van der Waals surface area contributed by atoms with Gasteiger partial charge in [-0.25, -0.2) is 13.1 Å². The van der Waals surface area contributed by atoms with E-state index in [0.717, 1.165) is 16.7 Å². The number of rotatable bonds is 12. The maximum Gasteiger partial charge on any atom is 0.240 e. The first kappa shape index (κ1) is 27.2. The highest BCUT2D eigenvalue weighted by molar-refractivity contribution is 7.89. The van der Waals surface area contributed by atoms with E-state index in [4.69, 9.17) is 9.47 Å². The maximum atomic E-state index is 12.9. The lowest BCUT2D eigenvalue weighted by Crippen LogP contribution is -2.40. The molecule has 192 valence electrons. The molecule has 0 saturated heterocycles. The molecule has 1 amide bonds. The van der Waals surface area contributed by atoms with Crippen LogP contribution in [0.25, 0.3) is 0 Å². The fourth-order valence-electron chi connectivity index (χ4n) is 3.63. The molecule has 3 aromatic carbocycles. The van der Waals surface area contributed by atoms with E-state index in [2.05, 4.69) is 4.72 Å². The van der Waals surface area contributed by atoms with E-state index in [9.17, 15) is 13.2 Å². The number of ether oxygens (including phenoxy) is 2. The van der Waals surface area contributed by atoms with Crippen LogP contribution in [0.5, 0.6) is 11.5 Å². The molecule has 0 aliphatic carbocycles. The Labute approximate surface area is 214 Å². The van der Waals surface area contributed by atoms with Gasteiger partial charge in [-0.15, -0.1) is 0 Å². The van der Waals surface area contributed by atoms with Crippen LogP contribution in [0.3, 0.4) is 0 Å². The number of benzene rings is 3. The second kappa shape index (κ2) is 12.6. The summed E-state index contributed by atoms with van der Waals surface area (Å²) in [6, 6.07) is 22.1. The van der Waals surface area contributed by atoms with Crippen LogP contribution in [0.4, 0.5) is 0 Å². The Morgan fingerprint density at radius 3 is 2.28 bits per heavy atom. The summed E-state index contributed by atoms with van der Waals surface area (Å²) in [5.41, 5.74) is 2.88. The van der Waals surface area contributed by atoms with Crippen molar-refractivity contribution in [2.75, 3.05) is 20.2 Å². The lowest BCUT2D eigenvalue weighted by molar-refractivity contribution is -0.135. The molecule has 0 bridgehead atoms. The summed E-state index contributed by atoms with van der Waals surface area (Å²) < 4.78 is 39.3. The van der Waals surface area contributed by atoms with Crippen molar-refractivity contribution in [3.63, 3.8) is 0 Å². The highest BCUT2D eigenvalue weighted by Crippen LogP contribution is 2.29. The summed E-state index contributed by atoms with van der Waals surface area (Å²) in [4.78, 5) is 14.7. The average Bonchev–Trinajstić information content (AvgIpc) is 2.87. The summed E-state index contributed by atoms with van der Waals surface area (Å²) >= 11 is 0. The minimum atomic E-state index is -3.66. The standard InChI is InChI=1S/C28H34N2O5S/c1-21(2)28(31)30(17-16-29-36(32,33)25-13-10-22(3)11-14-25)19-24-12-15-26(27(18-24)34-4)35-20-23-8-6-5-7-9-23/h5-15,18,21,29H,16-17,19-20H2,1-4H3. The van der Waals surface area contributed by atoms with Crippen molar-refractivity contribution >= 4 is 15.9 Å². The molecule has 3 rings (SSSR count). The molecule has 8 heteroatoms. The van der Waals surface area contributed by atoms with Crippen LogP contribution in [0, 0.1) is 12.8 Å². The molecule has 0 radical (unpaired) electrons. The first-order valence-electron chi connectivity index (χ1n) is 11.9. The number of nitrogens with zero attached hydrogens (tertiary/aromatic N) is 1. The molecule has 0 heterocycles. The van der Waals surface area contributed by atoms with Gasteiger partial charge in [-0.3, -0.25) is 4.79 Å². The summed E-state index contributed by atoms with van der Waals surface area (Å²) in [5.74, 6) is 0.889. The summed E-state index contributed by atoms with van der Waals surface area (Å²) in [6.45, 7) is 6.62. The van der Waals surface area contributed by atoms with Crippen LogP contribution >= 0.6 is 0 Å². The van der Waals surface area contributed by atoms with Crippen molar-refractivity contribution in [1.82, 2.24) is 9.62 Å². The number of sulfonamides is 1. The SMILES string of the molecule is COc1cc(CN(CCNS(=O)(=O)c2ccc(C)cc2)C(=O)C(C)C)ccc1OCc1ccccc1. The van der Waals surface area contributed by atoms with Crippen molar-refractivity contribution in [1.29, 1.82) is 0 Å². The molecule has 0 spiro atoms. The predicted octanol–water partition coefficient (Wildman–Crippen LogP) is 4.55. The van der Waals surface area contributed by atoms with Crippen LogP contribution < -0.4 is 14.2 Å². The first-order chi connectivity index (χ1) is 17.2. The highest BCUT2D eigenvalue weighted by atomic mass is 32.2. The molecule has 7 nitrogen and oxygen atoms in total. The van der Waals surface area contributed by atoms with Crippen LogP contribution in [0.2, 0.25) is 0 Å². The number of aryl methyl sites for hydroxylation is 1. The monoisotopic (exact) mass is 510 g/mol. The van der Waals surface area contributed by atoms with E-state index in [0.29, 0.717) is 24.7 Å². The first-order valence-corrected chi connectivity index (χ1v) is 13.4. The Morgan fingerprint density at radius 1 is 0.944 bits per heavy atom. The van der Waals surface area contributed by atoms with Crippen molar-refractivity contribution < 1.29 is 22.7 Å². The Hall–Kier alpha value is -3.36. The molecule has 0 atom stereocenters. The lowest BCUT2D eigenvalue weighted by Gasteiger charge is -2.25. The van der Waals surface area contributed by atoms with E-state index in [1.807, 2.05) is 69.3 Å². The van der Waals surface area contributed by atoms with Crippen molar-refractivity contribution in [2.24, 2.45) is 5.92 Å². The molecule has 0 aliphatic rings. The van der Waals surface area contributed by atoms with Gasteiger partial charge in [0.25, 0.3) is 0 Å². The van der Waals surface area contributed by atoms with E-state index < -0.39 is 10.0 Å². The highest BCUT2D eigenvalue weighted by Gasteiger charge is 2.20. The normalized spacial score (nSPS) is 11.4.